The minimum Gasteiger partial charge on any atom is -0.286 e. The van der Waals surface area contributed by atoms with Gasteiger partial charge in [0.2, 0.25) is 0 Å². The van der Waals surface area contributed by atoms with E-state index >= 15 is 0 Å². The van der Waals surface area contributed by atoms with E-state index in [1.165, 1.54) is 77.2 Å². The van der Waals surface area contributed by atoms with Crippen LogP contribution in [0.5, 0.6) is 0 Å². The van der Waals surface area contributed by atoms with Crippen molar-refractivity contribution < 1.29 is 0 Å². The van der Waals surface area contributed by atoms with Crippen LogP contribution in [0.3, 0.4) is 0 Å². The Morgan fingerprint density at radius 1 is 0.900 bits per heavy atom. The Labute approximate surface area is 128 Å². The highest BCUT2D eigenvalue weighted by Gasteiger charge is 2.37. The van der Waals surface area contributed by atoms with Gasteiger partial charge in [-0.2, -0.15) is 0 Å². The van der Waals surface area contributed by atoms with Crippen LogP contribution < -0.4 is 0 Å². The highest BCUT2D eigenvalue weighted by atomic mass is 28.2. The predicted octanol–water partition coefficient (Wildman–Crippen LogP) is 3.19. The highest BCUT2D eigenvalue weighted by Crippen LogP contribution is 2.31. The second kappa shape index (κ2) is 8.35. The number of likely N-dealkylation sites (tertiary alicyclic amines) is 2. The first kappa shape index (κ1) is 16.3. The molecular formula is C17H34N2Si. The molecule has 2 aliphatic rings. The van der Waals surface area contributed by atoms with E-state index in [0.29, 0.717) is 5.66 Å². The van der Waals surface area contributed by atoms with Crippen LogP contribution in [0.2, 0.25) is 6.04 Å². The third-order valence-corrected chi connectivity index (χ3v) is 6.90. The van der Waals surface area contributed by atoms with Gasteiger partial charge in [-0.3, -0.25) is 9.80 Å². The molecule has 0 spiro atoms. The predicted molar refractivity (Wildman–Crippen MR) is 92.0 cm³/mol. The quantitative estimate of drug-likeness (QED) is 0.548. The largest absolute Gasteiger partial charge is 0.286 e. The lowest BCUT2D eigenvalue weighted by Crippen LogP contribution is -2.61. The molecule has 0 atom stereocenters. The molecule has 116 valence electrons. The first-order valence-corrected chi connectivity index (χ1v) is 10.7. The van der Waals surface area contributed by atoms with Gasteiger partial charge in [0.05, 0.1) is 5.66 Å². The molecule has 0 saturated carbocycles. The van der Waals surface area contributed by atoms with Crippen LogP contribution >= 0.6 is 0 Å². The van der Waals surface area contributed by atoms with Gasteiger partial charge in [-0.25, -0.2) is 0 Å². The number of nitrogens with zero attached hydrogens (tertiary/aromatic N) is 2. The number of rotatable bonds is 6. The Hall–Kier alpha value is -0.123. The molecule has 2 fully saturated rings. The fraction of sp³-hybridized carbons (Fsp3) is 0.882. The summed E-state index contributed by atoms with van der Waals surface area (Å²) in [5.41, 5.74) is 2.82. The summed E-state index contributed by atoms with van der Waals surface area (Å²) in [5.74, 6) is 0. The van der Waals surface area contributed by atoms with Crippen molar-refractivity contribution in [2.75, 3.05) is 26.2 Å². The number of allylic oxidation sites excluding steroid dienone is 1. The van der Waals surface area contributed by atoms with Crippen molar-refractivity contribution in [1.82, 2.24) is 9.80 Å². The monoisotopic (exact) mass is 294 g/mol. The van der Waals surface area contributed by atoms with Gasteiger partial charge in [-0.1, -0.05) is 25.0 Å². The minimum atomic E-state index is 0.0265. The van der Waals surface area contributed by atoms with E-state index < -0.39 is 0 Å². The third kappa shape index (κ3) is 4.19. The van der Waals surface area contributed by atoms with Crippen LogP contribution in [-0.2, 0) is 0 Å². The van der Waals surface area contributed by atoms with Crippen molar-refractivity contribution in [3.05, 3.63) is 11.8 Å². The summed E-state index contributed by atoms with van der Waals surface area (Å²) in [6.45, 7) is 10.0. The zero-order valence-electron chi connectivity index (χ0n) is 13.7. The molecule has 0 aromatic rings. The summed E-state index contributed by atoms with van der Waals surface area (Å²) in [6, 6.07) is 1.47. The molecule has 2 saturated heterocycles. The van der Waals surface area contributed by atoms with Crippen molar-refractivity contribution in [2.45, 2.75) is 70.5 Å². The molecule has 0 aromatic heterocycles. The van der Waals surface area contributed by atoms with Gasteiger partial charge in [0.1, 0.15) is 0 Å². The number of piperidine rings is 2. The van der Waals surface area contributed by atoms with Crippen LogP contribution in [0.4, 0.5) is 0 Å². The Balaban J connectivity index is 1.99. The van der Waals surface area contributed by atoms with Crippen LogP contribution in [0.25, 0.3) is 0 Å². The molecule has 20 heavy (non-hydrogen) atoms. The van der Waals surface area contributed by atoms with E-state index in [2.05, 4.69) is 35.4 Å². The Bertz CT molecular complexity index is 273. The van der Waals surface area contributed by atoms with Gasteiger partial charge in [0, 0.05) is 9.52 Å². The summed E-state index contributed by atoms with van der Waals surface area (Å²) in [7, 11) is 0.0265. The molecule has 0 aliphatic carbocycles. The first-order valence-electron chi connectivity index (χ1n) is 8.88. The normalized spacial score (nSPS) is 24.1. The van der Waals surface area contributed by atoms with Crippen LogP contribution in [0.15, 0.2) is 11.8 Å². The third-order valence-electron chi connectivity index (χ3n) is 5.33. The van der Waals surface area contributed by atoms with Crippen molar-refractivity contribution in [1.29, 1.82) is 0 Å². The van der Waals surface area contributed by atoms with Crippen molar-refractivity contribution in [2.24, 2.45) is 0 Å². The molecule has 0 unspecified atom stereocenters. The molecular weight excluding hydrogens is 260 g/mol. The lowest BCUT2D eigenvalue weighted by atomic mass is 9.97. The smallest absolute Gasteiger partial charge is 0.0705 e. The van der Waals surface area contributed by atoms with Crippen LogP contribution in [0, 0.1) is 0 Å². The highest BCUT2D eigenvalue weighted by molar-refractivity contribution is 6.41. The summed E-state index contributed by atoms with van der Waals surface area (Å²) < 4.78 is 0. The van der Waals surface area contributed by atoms with Crippen molar-refractivity contribution in [3.63, 3.8) is 0 Å². The lowest BCUT2D eigenvalue weighted by Gasteiger charge is -2.52. The molecule has 0 N–H and O–H groups in total. The van der Waals surface area contributed by atoms with E-state index in [4.69, 9.17) is 0 Å². The summed E-state index contributed by atoms with van der Waals surface area (Å²) in [5, 5.41) is 0. The molecule has 2 heterocycles. The zero-order valence-corrected chi connectivity index (χ0v) is 15.2. The number of hydrogen-bond donors (Lipinski definition) is 0. The minimum absolute atomic E-state index is 0.0265. The summed E-state index contributed by atoms with van der Waals surface area (Å²) >= 11 is 0. The Morgan fingerprint density at radius 3 is 1.85 bits per heavy atom. The lowest BCUT2D eigenvalue weighted by molar-refractivity contribution is -0.0671. The van der Waals surface area contributed by atoms with Gasteiger partial charge in [0.25, 0.3) is 0 Å². The second-order valence-electron chi connectivity index (χ2n) is 6.77. The van der Waals surface area contributed by atoms with Crippen molar-refractivity contribution >= 4 is 9.52 Å². The average molecular weight is 295 g/mol. The van der Waals surface area contributed by atoms with Gasteiger partial charge in [0.15, 0.2) is 0 Å². The standard InChI is InChI=1S/C17H34N2Si/c1-3-15-20-16-10-17(2,18-11-6-4-7-12-18)19-13-8-5-9-14-19/h3,15H,4-14,16,20H2,1-2H3. The maximum Gasteiger partial charge on any atom is 0.0705 e. The van der Waals surface area contributed by atoms with E-state index in [9.17, 15) is 0 Å². The Morgan fingerprint density at radius 2 is 1.40 bits per heavy atom. The number of hydrogen-bond acceptors (Lipinski definition) is 2. The van der Waals surface area contributed by atoms with E-state index in [-0.39, 0.29) is 9.52 Å². The molecule has 3 heteroatoms. The first-order chi connectivity index (χ1) is 9.77. The average Bonchev–Trinajstić information content (AvgIpc) is 2.53. The molecule has 0 bridgehead atoms. The maximum absolute atomic E-state index is 2.83. The molecule has 0 radical (unpaired) electrons. The fourth-order valence-electron chi connectivity index (χ4n) is 3.99. The second-order valence-corrected chi connectivity index (χ2v) is 8.53. The van der Waals surface area contributed by atoms with Crippen molar-refractivity contribution in [3.8, 4) is 0 Å². The summed E-state index contributed by atoms with van der Waals surface area (Å²) in [4.78, 5) is 5.65. The molecule has 2 aliphatic heterocycles. The van der Waals surface area contributed by atoms with Gasteiger partial charge < -0.3 is 0 Å². The zero-order chi connectivity index (χ0) is 14.3. The SMILES string of the molecule is CC=C[SiH2]CCC(C)(N1CCCCC1)N1CCCCC1. The van der Waals surface area contributed by atoms with Crippen LogP contribution in [-0.4, -0.2) is 51.2 Å². The Kier molecular flexibility index (Phi) is 6.79. The van der Waals surface area contributed by atoms with Gasteiger partial charge >= 0.3 is 0 Å². The molecule has 0 amide bonds. The summed E-state index contributed by atoms with van der Waals surface area (Å²) in [6.07, 6.45) is 12.2. The molecule has 2 nitrogen and oxygen atoms in total. The maximum atomic E-state index is 2.83. The van der Waals surface area contributed by atoms with E-state index in [1.807, 2.05) is 0 Å². The molecule has 0 aromatic carbocycles. The van der Waals surface area contributed by atoms with Gasteiger partial charge in [-0.05, 0) is 72.1 Å². The van der Waals surface area contributed by atoms with E-state index in [1.54, 1.807) is 0 Å². The fourth-order valence-corrected chi connectivity index (χ4v) is 5.43. The molecule has 2 rings (SSSR count). The van der Waals surface area contributed by atoms with E-state index in [0.717, 1.165) is 0 Å². The topological polar surface area (TPSA) is 6.48 Å². The van der Waals surface area contributed by atoms with Crippen LogP contribution in [0.1, 0.15) is 58.8 Å². The van der Waals surface area contributed by atoms with Gasteiger partial charge in [-0.15, -0.1) is 5.70 Å².